The van der Waals surface area contributed by atoms with Gasteiger partial charge in [-0.05, 0) is 54.7 Å². The van der Waals surface area contributed by atoms with E-state index in [9.17, 15) is 0 Å². The molecule has 0 unspecified atom stereocenters. The Hall–Kier alpha value is -2.05. The van der Waals surface area contributed by atoms with E-state index < -0.39 is 0 Å². The first kappa shape index (κ1) is 13.0. The lowest BCUT2D eigenvalue weighted by Gasteiger charge is -2.07. The molecule has 1 aliphatic rings. The number of rotatable bonds is 5. The van der Waals surface area contributed by atoms with E-state index in [0.29, 0.717) is 0 Å². The summed E-state index contributed by atoms with van der Waals surface area (Å²) in [6.07, 6.45) is 6.98. The fraction of sp³-hybridized carbons (Fsp3) is 0.353. The number of nitrogens with one attached hydrogen (secondary N) is 1. The molecule has 1 heterocycles. The van der Waals surface area contributed by atoms with Crippen molar-refractivity contribution in [1.82, 2.24) is 9.88 Å². The summed E-state index contributed by atoms with van der Waals surface area (Å²) in [5, 5.41) is 12.4. The molecule has 2 aromatic rings. The Morgan fingerprint density at radius 1 is 1.35 bits per heavy atom. The topological polar surface area (TPSA) is 40.8 Å². The molecule has 0 radical (unpaired) electrons. The second-order valence-electron chi connectivity index (χ2n) is 5.60. The van der Waals surface area contributed by atoms with Gasteiger partial charge in [-0.15, -0.1) is 0 Å². The van der Waals surface area contributed by atoms with E-state index in [1.54, 1.807) is 0 Å². The van der Waals surface area contributed by atoms with Crippen molar-refractivity contribution < 1.29 is 0 Å². The van der Waals surface area contributed by atoms with Crippen molar-refractivity contribution in [3.8, 4) is 6.07 Å². The van der Waals surface area contributed by atoms with Crippen molar-refractivity contribution in [2.75, 3.05) is 0 Å². The highest BCUT2D eigenvalue weighted by Gasteiger charge is 2.19. The number of aryl methyl sites for hydroxylation is 1. The van der Waals surface area contributed by atoms with Crippen LogP contribution in [0, 0.1) is 18.3 Å². The molecule has 1 aliphatic carbocycles. The number of hydrogen-bond donors (Lipinski definition) is 1. The van der Waals surface area contributed by atoms with Crippen molar-refractivity contribution in [2.24, 2.45) is 0 Å². The monoisotopic (exact) mass is 265 g/mol. The lowest BCUT2D eigenvalue weighted by Crippen LogP contribution is -2.14. The maximum Gasteiger partial charge on any atom is 0.0991 e. The largest absolute Gasteiger partial charge is 0.350 e. The molecule has 0 atom stereocenters. The molecule has 1 saturated carbocycles. The van der Waals surface area contributed by atoms with Crippen molar-refractivity contribution >= 4 is 0 Å². The maximum atomic E-state index is 8.89. The second-order valence-corrected chi connectivity index (χ2v) is 5.60. The van der Waals surface area contributed by atoms with E-state index in [4.69, 9.17) is 5.26 Å². The molecule has 0 saturated heterocycles. The van der Waals surface area contributed by atoms with E-state index in [2.05, 4.69) is 47.4 Å². The predicted molar refractivity (Wildman–Crippen MR) is 79.3 cm³/mol. The Bertz CT molecular complexity index is 644. The van der Waals surface area contributed by atoms with Crippen molar-refractivity contribution in [1.29, 1.82) is 5.26 Å². The zero-order valence-electron chi connectivity index (χ0n) is 11.8. The summed E-state index contributed by atoms with van der Waals surface area (Å²) in [7, 11) is 0. The summed E-state index contributed by atoms with van der Waals surface area (Å²) in [5.74, 6) is 0. The third-order valence-electron chi connectivity index (χ3n) is 3.81. The van der Waals surface area contributed by atoms with Gasteiger partial charge < -0.3 is 9.88 Å². The van der Waals surface area contributed by atoms with Gasteiger partial charge in [-0.25, -0.2) is 0 Å². The highest BCUT2D eigenvalue weighted by Crippen LogP contribution is 2.19. The fourth-order valence-electron chi connectivity index (χ4n) is 2.38. The van der Waals surface area contributed by atoms with Crippen LogP contribution in [0.15, 0.2) is 36.7 Å². The molecule has 3 heteroatoms. The molecule has 1 fully saturated rings. The van der Waals surface area contributed by atoms with Crippen LogP contribution in [0.1, 0.15) is 35.1 Å². The quantitative estimate of drug-likeness (QED) is 0.903. The van der Waals surface area contributed by atoms with Crippen LogP contribution in [0.5, 0.6) is 0 Å². The first-order chi connectivity index (χ1) is 9.74. The van der Waals surface area contributed by atoms with Crippen LogP contribution in [-0.2, 0) is 13.1 Å². The minimum absolute atomic E-state index is 0.730. The van der Waals surface area contributed by atoms with Gasteiger partial charge >= 0.3 is 0 Å². The molecule has 0 spiro atoms. The van der Waals surface area contributed by atoms with Crippen LogP contribution in [0.3, 0.4) is 0 Å². The molecular weight excluding hydrogens is 246 g/mol. The van der Waals surface area contributed by atoms with Gasteiger partial charge in [0.25, 0.3) is 0 Å². The molecular formula is C17H19N3. The molecule has 102 valence electrons. The zero-order chi connectivity index (χ0) is 13.9. The molecule has 1 aromatic carbocycles. The van der Waals surface area contributed by atoms with Gasteiger partial charge in [0, 0.05) is 31.5 Å². The van der Waals surface area contributed by atoms with E-state index in [1.807, 2.05) is 12.1 Å². The van der Waals surface area contributed by atoms with E-state index in [1.165, 1.54) is 29.5 Å². The lowest BCUT2D eigenvalue weighted by molar-refractivity contribution is 0.684. The van der Waals surface area contributed by atoms with Crippen LogP contribution >= 0.6 is 0 Å². The van der Waals surface area contributed by atoms with Crippen LogP contribution in [0.2, 0.25) is 0 Å². The smallest absolute Gasteiger partial charge is 0.0991 e. The van der Waals surface area contributed by atoms with Gasteiger partial charge in [-0.1, -0.05) is 6.07 Å². The van der Waals surface area contributed by atoms with Gasteiger partial charge in [0.1, 0.15) is 0 Å². The van der Waals surface area contributed by atoms with Crippen LogP contribution in [0.25, 0.3) is 0 Å². The Morgan fingerprint density at radius 3 is 2.90 bits per heavy atom. The molecule has 1 aromatic heterocycles. The van der Waals surface area contributed by atoms with E-state index in [0.717, 1.165) is 24.7 Å². The fourth-order valence-corrected chi connectivity index (χ4v) is 2.38. The number of nitriles is 1. The average molecular weight is 265 g/mol. The lowest BCUT2D eigenvalue weighted by atomic mass is 10.1. The summed E-state index contributed by atoms with van der Waals surface area (Å²) in [6.45, 7) is 3.89. The number of nitrogens with zero attached hydrogens (tertiary/aromatic N) is 2. The van der Waals surface area contributed by atoms with Crippen molar-refractivity contribution in [3.05, 3.63) is 58.9 Å². The Labute approximate surface area is 119 Å². The minimum Gasteiger partial charge on any atom is -0.350 e. The molecule has 0 aliphatic heterocycles. The Kier molecular flexibility index (Phi) is 3.58. The Morgan fingerprint density at radius 2 is 2.20 bits per heavy atom. The van der Waals surface area contributed by atoms with Gasteiger partial charge in [0.15, 0.2) is 0 Å². The highest BCUT2D eigenvalue weighted by atomic mass is 15.0. The van der Waals surface area contributed by atoms with Crippen molar-refractivity contribution in [3.63, 3.8) is 0 Å². The summed E-state index contributed by atoms with van der Waals surface area (Å²) in [6, 6.07) is 11.0. The molecule has 3 nitrogen and oxygen atoms in total. The Balaban J connectivity index is 1.66. The summed E-state index contributed by atoms with van der Waals surface area (Å²) >= 11 is 0. The third-order valence-corrected chi connectivity index (χ3v) is 3.81. The normalized spacial score (nSPS) is 14.2. The first-order valence-corrected chi connectivity index (χ1v) is 7.12. The standard InChI is InChI=1S/C17H19N3/c1-13-8-14(9-18)2-3-16(13)12-20-7-6-15(11-20)10-19-17-4-5-17/h2-3,6-8,11,17,19H,4-5,10,12H2,1H3. The van der Waals surface area contributed by atoms with Gasteiger partial charge in [-0.2, -0.15) is 5.26 Å². The van der Waals surface area contributed by atoms with Gasteiger partial charge in [0.05, 0.1) is 11.6 Å². The molecule has 3 rings (SSSR count). The average Bonchev–Trinajstić information content (AvgIpc) is 3.18. The third kappa shape index (κ3) is 3.09. The second kappa shape index (κ2) is 5.52. The number of aromatic nitrogens is 1. The van der Waals surface area contributed by atoms with Crippen LogP contribution in [0.4, 0.5) is 0 Å². The van der Waals surface area contributed by atoms with Crippen LogP contribution in [-0.4, -0.2) is 10.6 Å². The molecule has 0 bridgehead atoms. The minimum atomic E-state index is 0.730. The molecule has 1 N–H and O–H groups in total. The maximum absolute atomic E-state index is 8.89. The summed E-state index contributed by atoms with van der Waals surface area (Å²) in [4.78, 5) is 0. The number of hydrogen-bond acceptors (Lipinski definition) is 2. The van der Waals surface area contributed by atoms with Crippen molar-refractivity contribution in [2.45, 2.75) is 38.9 Å². The predicted octanol–water partition coefficient (Wildman–Crippen LogP) is 2.97. The van der Waals surface area contributed by atoms with Crippen LogP contribution < -0.4 is 5.32 Å². The van der Waals surface area contributed by atoms with Gasteiger partial charge in [0.2, 0.25) is 0 Å². The SMILES string of the molecule is Cc1cc(C#N)ccc1Cn1ccc(CNC2CC2)c1. The van der Waals surface area contributed by atoms with Gasteiger partial charge in [-0.3, -0.25) is 0 Å². The first-order valence-electron chi connectivity index (χ1n) is 7.12. The van der Waals surface area contributed by atoms with E-state index >= 15 is 0 Å². The zero-order valence-corrected chi connectivity index (χ0v) is 11.8. The molecule has 0 amide bonds. The molecule has 20 heavy (non-hydrogen) atoms. The highest BCUT2D eigenvalue weighted by molar-refractivity contribution is 5.37. The van der Waals surface area contributed by atoms with E-state index in [-0.39, 0.29) is 0 Å². The number of benzene rings is 1. The summed E-state index contributed by atoms with van der Waals surface area (Å²) < 4.78 is 2.21. The summed E-state index contributed by atoms with van der Waals surface area (Å²) in [5.41, 5.74) is 4.51.